The largest absolute Gasteiger partial charge is 0.415 e. The Morgan fingerprint density at radius 3 is 2.67 bits per heavy atom. The van der Waals surface area contributed by atoms with Crippen LogP contribution in [0.25, 0.3) is 0 Å². The number of hydrogen-bond donors (Lipinski definition) is 1. The summed E-state index contributed by atoms with van der Waals surface area (Å²) in [6.07, 6.45) is 6.46. The van der Waals surface area contributed by atoms with Gasteiger partial charge in [0.05, 0.1) is 6.54 Å². The third kappa shape index (κ3) is 5.18. The van der Waals surface area contributed by atoms with E-state index < -0.39 is 0 Å². The highest BCUT2D eigenvalue weighted by molar-refractivity contribution is 7.99. The highest BCUT2D eigenvalue weighted by Crippen LogP contribution is 2.18. The summed E-state index contributed by atoms with van der Waals surface area (Å²) in [4.78, 5) is 0. The molecule has 15 heavy (non-hydrogen) atoms. The van der Waals surface area contributed by atoms with Crippen molar-refractivity contribution in [3.63, 3.8) is 0 Å². The van der Waals surface area contributed by atoms with Crippen LogP contribution in [0.15, 0.2) is 9.64 Å². The molecule has 1 heterocycles. The van der Waals surface area contributed by atoms with Crippen molar-refractivity contribution < 1.29 is 4.42 Å². The SMILES string of the molecule is CCCCCCCSc1nnc(CN)o1. The molecule has 1 aromatic rings. The van der Waals surface area contributed by atoms with Crippen molar-refractivity contribution >= 4 is 11.8 Å². The van der Waals surface area contributed by atoms with Gasteiger partial charge < -0.3 is 10.2 Å². The molecule has 5 heteroatoms. The first-order valence-corrected chi connectivity index (χ1v) is 6.50. The molecule has 1 aromatic heterocycles. The standard InChI is InChI=1S/C10H19N3OS/c1-2-3-4-5-6-7-15-10-13-12-9(8-11)14-10/h2-8,11H2,1H3. The van der Waals surface area contributed by atoms with Crippen LogP contribution >= 0.6 is 11.8 Å². The van der Waals surface area contributed by atoms with Gasteiger partial charge in [0.25, 0.3) is 5.22 Å². The van der Waals surface area contributed by atoms with Crippen LogP contribution in [0.2, 0.25) is 0 Å². The van der Waals surface area contributed by atoms with Crippen LogP contribution in [-0.4, -0.2) is 16.0 Å². The predicted molar refractivity (Wildman–Crippen MR) is 61.7 cm³/mol. The molecule has 0 aliphatic heterocycles. The molecule has 4 nitrogen and oxygen atoms in total. The average molecular weight is 229 g/mol. The lowest BCUT2D eigenvalue weighted by Crippen LogP contribution is -1.95. The fraction of sp³-hybridized carbons (Fsp3) is 0.800. The van der Waals surface area contributed by atoms with Crippen LogP contribution < -0.4 is 5.73 Å². The molecule has 0 saturated carbocycles. The third-order valence-corrected chi connectivity index (χ3v) is 3.00. The van der Waals surface area contributed by atoms with E-state index in [0.29, 0.717) is 17.7 Å². The van der Waals surface area contributed by atoms with Crippen LogP contribution in [-0.2, 0) is 6.54 Å². The van der Waals surface area contributed by atoms with Crippen molar-refractivity contribution in [2.24, 2.45) is 5.73 Å². The average Bonchev–Trinajstić information content (AvgIpc) is 2.71. The molecule has 1 rings (SSSR count). The first-order chi connectivity index (χ1) is 7.36. The van der Waals surface area contributed by atoms with E-state index in [9.17, 15) is 0 Å². The van der Waals surface area contributed by atoms with Gasteiger partial charge in [-0.25, -0.2) is 0 Å². The molecule has 0 amide bonds. The van der Waals surface area contributed by atoms with Crippen molar-refractivity contribution in [1.82, 2.24) is 10.2 Å². The minimum Gasteiger partial charge on any atom is -0.415 e. The van der Waals surface area contributed by atoms with Gasteiger partial charge in [0.1, 0.15) is 0 Å². The maximum Gasteiger partial charge on any atom is 0.276 e. The molecule has 0 saturated heterocycles. The van der Waals surface area contributed by atoms with E-state index >= 15 is 0 Å². The zero-order chi connectivity index (χ0) is 10.9. The summed E-state index contributed by atoms with van der Waals surface area (Å²) in [5.41, 5.74) is 5.37. The van der Waals surface area contributed by atoms with Crippen LogP contribution in [0, 0.1) is 0 Å². The van der Waals surface area contributed by atoms with E-state index in [0.717, 1.165) is 5.75 Å². The maximum absolute atomic E-state index is 5.37. The van der Waals surface area contributed by atoms with Gasteiger partial charge in [-0.15, -0.1) is 10.2 Å². The fourth-order valence-electron chi connectivity index (χ4n) is 1.24. The summed E-state index contributed by atoms with van der Waals surface area (Å²) in [5.74, 6) is 1.57. The zero-order valence-electron chi connectivity index (χ0n) is 9.24. The second-order valence-electron chi connectivity index (χ2n) is 3.43. The minimum atomic E-state index is 0.323. The number of unbranched alkanes of at least 4 members (excludes halogenated alkanes) is 4. The number of nitrogens with two attached hydrogens (primary N) is 1. The van der Waals surface area contributed by atoms with Crippen LogP contribution in [0.5, 0.6) is 0 Å². The normalized spacial score (nSPS) is 10.8. The van der Waals surface area contributed by atoms with Crippen LogP contribution in [0.3, 0.4) is 0 Å². The smallest absolute Gasteiger partial charge is 0.276 e. The maximum atomic E-state index is 5.37. The summed E-state index contributed by atoms with van der Waals surface area (Å²) in [6.45, 7) is 2.55. The Kier molecular flexibility index (Phi) is 6.43. The van der Waals surface area contributed by atoms with E-state index in [-0.39, 0.29) is 0 Å². The van der Waals surface area contributed by atoms with Crippen molar-refractivity contribution in [3.8, 4) is 0 Å². The van der Waals surface area contributed by atoms with Gasteiger partial charge in [-0.3, -0.25) is 0 Å². The number of aromatic nitrogens is 2. The van der Waals surface area contributed by atoms with E-state index in [1.807, 2.05) is 0 Å². The molecule has 0 spiro atoms. The van der Waals surface area contributed by atoms with Gasteiger partial charge in [-0.1, -0.05) is 44.4 Å². The van der Waals surface area contributed by atoms with Crippen LogP contribution in [0.4, 0.5) is 0 Å². The first-order valence-electron chi connectivity index (χ1n) is 5.52. The second-order valence-corrected chi connectivity index (χ2v) is 4.47. The Morgan fingerprint density at radius 1 is 1.20 bits per heavy atom. The van der Waals surface area contributed by atoms with Crippen LogP contribution in [0.1, 0.15) is 44.9 Å². The summed E-state index contributed by atoms with van der Waals surface area (Å²) in [5, 5.41) is 8.33. The summed E-state index contributed by atoms with van der Waals surface area (Å²) >= 11 is 1.62. The predicted octanol–water partition coefficient (Wildman–Crippen LogP) is 2.59. The molecule has 0 aromatic carbocycles. The second kappa shape index (κ2) is 7.70. The van der Waals surface area contributed by atoms with Crippen molar-refractivity contribution in [2.75, 3.05) is 5.75 Å². The topological polar surface area (TPSA) is 64.9 Å². The molecule has 0 unspecified atom stereocenters. The molecule has 0 atom stereocenters. The van der Waals surface area contributed by atoms with Crippen molar-refractivity contribution in [3.05, 3.63) is 5.89 Å². The quantitative estimate of drug-likeness (QED) is 0.548. The van der Waals surface area contributed by atoms with Gasteiger partial charge in [0.15, 0.2) is 0 Å². The van der Waals surface area contributed by atoms with Gasteiger partial charge in [-0.05, 0) is 6.42 Å². The monoisotopic (exact) mass is 229 g/mol. The Bertz CT molecular complexity index is 265. The van der Waals surface area contributed by atoms with E-state index in [1.54, 1.807) is 11.8 Å². The molecule has 0 aliphatic rings. The molecule has 0 fully saturated rings. The molecular weight excluding hydrogens is 210 g/mol. The zero-order valence-corrected chi connectivity index (χ0v) is 10.1. The Balaban J connectivity index is 2.04. The molecule has 0 bridgehead atoms. The summed E-state index contributed by atoms with van der Waals surface area (Å²) < 4.78 is 5.28. The number of rotatable bonds is 8. The van der Waals surface area contributed by atoms with E-state index in [1.165, 1.54) is 32.1 Å². The fourth-order valence-corrected chi connectivity index (χ4v) is 2.02. The number of thioether (sulfide) groups is 1. The molecule has 0 radical (unpaired) electrons. The molecular formula is C10H19N3OS. The Labute approximate surface area is 95.0 Å². The number of nitrogens with zero attached hydrogens (tertiary/aromatic N) is 2. The summed E-state index contributed by atoms with van der Waals surface area (Å²) in [6, 6.07) is 0. The number of hydrogen-bond acceptors (Lipinski definition) is 5. The first kappa shape index (κ1) is 12.5. The van der Waals surface area contributed by atoms with Crippen molar-refractivity contribution in [1.29, 1.82) is 0 Å². The lowest BCUT2D eigenvalue weighted by atomic mass is 10.2. The highest BCUT2D eigenvalue weighted by Gasteiger charge is 2.03. The van der Waals surface area contributed by atoms with Gasteiger partial charge >= 0.3 is 0 Å². The molecule has 86 valence electrons. The highest BCUT2D eigenvalue weighted by atomic mass is 32.2. The Hall–Kier alpha value is -0.550. The molecule has 0 aliphatic carbocycles. The van der Waals surface area contributed by atoms with E-state index in [2.05, 4.69) is 17.1 Å². The lowest BCUT2D eigenvalue weighted by Gasteiger charge is -1.97. The lowest BCUT2D eigenvalue weighted by molar-refractivity contribution is 0.414. The Morgan fingerprint density at radius 2 is 2.00 bits per heavy atom. The van der Waals surface area contributed by atoms with Gasteiger partial charge in [0.2, 0.25) is 5.89 Å². The summed E-state index contributed by atoms with van der Waals surface area (Å²) in [7, 11) is 0. The van der Waals surface area contributed by atoms with E-state index in [4.69, 9.17) is 10.2 Å². The minimum absolute atomic E-state index is 0.323. The van der Waals surface area contributed by atoms with Crippen molar-refractivity contribution in [2.45, 2.75) is 50.8 Å². The third-order valence-electron chi connectivity index (χ3n) is 2.10. The van der Waals surface area contributed by atoms with Gasteiger partial charge in [0, 0.05) is 5.75 Å². The molecule has 2 N–H and O–H groups in total. The van der Waals surface area contributed by atoms with Gasteiger partial charge in [-0.2, -0.15) is 0 Å².